The zero-order chi connectivity index (χ0) is 18.0. The smallest absolute Gasteiger partial charge is 0.289 e. The van der Waals surface area contributed by atoms with Crippen LogP contribution in [0.2, 0.25) is 0 Å². The lowest BCUT2D eigenvalue weighted by Crippen LogP contribution is -2.37. The van der Waals surface area contributed by atoms with Gasteiger partial charge in [-0.25, -0.2) is 0 Å². The Morgan fingerprint density at radius 3 is 2.32 bits per heavy atom. The van der Waals surface area contributed by atoms with E-state index in [-0.39, 0.29) is 23.0 Å². The van der Waals surface area contributed by atoms with E-state index in [2.05, 4.69) is 0 Å². The normalized spacial score (nSPS) is 15.1. The molecule has 1 saturated heterocycles. The van der Waals surface area contributed by atoms with Gasteiger partial charge in [0.15, 0.2) is 11.2 Å². The van der Waals surface area contributed by atoms with Crippen molar-refractivity contribution in [2.75, 3.05) is 26.2 Å². The minimum atomic E-state index is -0.303. The molecule has 1 fully saturated rings. The van der Waals surface area contributed by atoms with Crippen LogP contribution in [0, 0.1) is 13.8 Å². The predicted molar refractivity (Wildman–Crippen MR) is 95.2 cm³/mol. The summed E-state index contributed by atoms with van der Waals surface area (Å²) in [5.74, 6) is 0.181. The summed E-state index contributed by atoms with van der Waals surface area (Å²) in [4.78, 5) is 41.0. The van der Waals surface area contributed by atoms with Crippen molar-refractivity contribution < 1.29 is 14.0 Å². The lowest BCUT2D eigenvalue weighted by atomic mass is 10.2. The second kappa shape index (κ2) is 7.23. The molecule has 2 aromatic rings. The Kier molecular flexibility index (Phi) is 5.03. The highest BCUT2D eigenvalue weighted by Gasteiger charge is 2.26. The van der Waals surface area contributed by atoms with Crippen molar-refractivity contribution in [1.82, 2.24) is 9.80 Å². The first-order valence-electron chi connectivity index (χ1n) is 8.20. The fourth-order valence-corrected chi connectivity index (χ4v) is 3.82. The number of carbonyl (C=O) groups excluding carboxylic acids is 2. The van der Waals surface area contributed by atoms with Crippen LogP contribution in [0.4, 0.5) is 0 Å². The Bertz CT molecular complexity index is 855. The molecule has 132 valence electrons. The Hall–Kier alpha value is -2.41. The Morgan fingerprint density at radius 2 is 1.72 bits per heavy atom. The van der Waals surface area contributed by atoms with Gasteiger partial charge in [-0.3, -0.25) is 14.4 Å². The van der Waals surface area contributed by atoms with Crippen molar-refractivity contribution in [2.45, 2.75) is 20.3 Å². The molecule has 6 nitrogen and oxygen atoms in total. The summed E-state index contributed by atoms with van der Waals surface area (Å²) < 4.78 is 5.39. The monoisotopic (exact) mass is 360 g/mol. The van der Waals surface area contributed by atoms with Gasteiger partial charge in [-0.1, -0.05) is 0 Å². The zero-order valence-electron chi connectivity index (χ0n) is 14.3. The molecule has 7 heteroatoms. The summed E-state index contributed by atoms with van der Waals surface area (Å²) in [7, 11) is 0. The van der Waals surface area contributed by atoms with Crippen LogP contribution in [0.1, 0.15) is 38.0 Å². The van der Waals surface area contributed by atoms with E-state index < -0.39 is 0 Å². The topological polar surface area (TPSA) is 70.8 Å². The molecule has 0 atom stereocenters. The fourth-order valence-electron chi connectivity index (χ4n) is 2.92. The van der Waals surface area contributed by atoms with Gasteiger partial charge in [-0.05, 0) is 37.3 Å². The predicted octanol–water partition coefficient (Wildman–Crippen LogP) is 2.31. The van der Waals surface area contributed by atoms with Gasteiger partial charge in [0.05, 0.1) is 4.88 Å². The van der Waals surface area contributed by atoms with E-state index in [4.69, 9.17) is 4.42 Å². The van der Waals surface area contributed by atoms with E-state index in [9.17, 15) is 14.4 Å². The molecular weight excluding hydrogens is 340 g/mol. The maximum absolute atomic E-state index is 12.6. The van der Waals surface area contributed by atoms with E-state index in [0.29, 0.717) is 38.4 Å². The number of hydrogen-bond donors (Lipinski definition) is 0. The molecule has 0 bridgehead atoms. The lowest BCUT2D eigenvalue weighted by Gasteiger charge is -2.21. The maximum atomic E-state index is 12.6. The van der Waals surface area contributed by atoms with Gasteiger partial charge in [-0.15, -0.1) is 11.3 Å². The average molecular weight is 360 g/mol. The largest absolute Gasteiger partial charge is 0.456 e. The average Bonchev–Trinajstić information content (AvgIpc) is 2.85. The number of aryl methyl sites for hydroxylation is 2. The number of hydrogen-bond acceptors (Lipinski definition) is 5. The van der Waals surface area contributed by atoms with Crippen LogP contribution < -0.4 is 5.43 Å². The van der Waals surface area contributed by atoms with E-state index >= 15 is 0 Å². The summed E-state index contributed by atoms with van der Waals surface area (Å²) in [6.07, 6.45) is 0.692. The summed E-state index contributed by atoms with van der Waals surface area (Å²) >= 11 is 1.44. The van der Waals surface area contributed by atoms with Crippen molar-refractivity contribution in [2.24, 2.45) is 0 Å². The van der Waals surface area contributed by atoms with Crippen LogP contribution in [0.15, 0.2) is 32.8 Å². The van der Waals surface area contributed by atoms with E-state index in [0.717, 1.165) is 10.4 Å². The Balaban J connectivity index is 1.71. The van der Waals surface area contributed by atoms with Crippen LogP contribution in [0.3, 0.4) is 0 Å². The van der Waals surface area contributed by atoms with Gasteiger partial charge < -0.3 is 14.2 Å². The molecule has 1 aliphatic heterocycles. The molecule has 2 aromatic heterocycles. The van der Waals surface area contributed by atoms with Gasteiger partial charge in [0.2, 0.25) is 0 Å². The first-order valence-corrected chi connectivity index (χ1v) is 9.08. The number of thiophene rings is 1. The zero-order valence-corrected chi connectivity index (χ0v) is 15.1. The van der Waals surface area contributed by atoms with Gasteiger partial charge in [0, 0.05) is 38.3 Å². The van der Waals surface area contributed by atoms with Crippen molar-refractivity contribution in [3.05, 3.63) is 55.8 Å². The highest BCUT2D eigenvalue weighted by Crippen LogP contribution is 2.19. The van der Waals surface area contributed by atoms with Crippen molar-refractivity contribution >= 4 is 23.2 Å². The van der Waals surface area contributed by atoms with Crippen molar-refractivity contribution in [3.63, 3.8) is 0 Å². The van der Waals surface area contributed by atoms with Crippen LogP contribution in [0.25, 0.3) is 0 Å². The van der Waals surface area contributed by atoms with Gasteiger partial charge in [0.1, 0.15) is 5.76 Å². The molecule has 3 rings (SSSR count). The molecule has 0 aliphatic carbocycles. The third-order valence-corrected chi connectivity index (χ3v) is 5.23. The summed E-state index contributed by atoms with van der Waals surface area (Å²) in [6.45, 7) is 5.60. The van der Waals surface area contributed by atoms with E-state index in [1.807, 2.05) is 18.4 Å². The number of nitrogens with zero attached hydrogens (tertiary/aromatic N) is 2. The Morgan fingerprint density at radius 1 is 1.04 bits per heavy atom. The SMILES string of the molecule is Cc1cc(=O)cc(C(=O)N2CCCN(C(=O)c3sccc3C)CC2)o1. The molecule has 2 amide bonds. The lowest BCUT2D eigenvalue weighted by molar-refractivity contribution is 0.0698. The molecule has 0 unspecified atom stereocenters. The minimum absolute atomic E-state index is 0.0175. The third kappa shape index (κ3) is 3.82. The molecule has 0 spiro atoms. The quantitative estimate of drug-likeness (QED) is 0.824. The molecule has 1 aliphatic rings. The first kappa shape index (κ1) is 17.4. The van der Waals surface area contributed by atoms with Crippen LogP contribution >= 0.6 is 11.3 Å². The molecular formula is C18H20N2O4S. The molecule has 0 N–H and O–H groups in total. The second-order valence-corrected chi connectivity index (χ2v) is 7.05. The number of rotatable bonds is 2. The Labute approximate surface area is 149 Å². The van der Waals surface area contributed by atoms with Crippen molar-refractivity contribution in [1.29, 1.82) is 0 Å². The molecule has 0 aromatic carbocycles. The molecule has 3 heterocycles. The molecule has 25 heavy (non-hydrogen) atoms. The molecule has 0 saturated carbocycles. The summed E-state index contributed by atoms with van der Waals surface area (Å²) in [5.41, 5.74) is 0.737. The van der Waals surface area contributed by atoms with Crippen LogP contribution in [-0.4, -0.2) is 47.8 Å². The summed E-state index contributed by atoms with van der Waals surface area (Å²) in [5, 5.41) is 1.91. The second-order valence-electron chi connectivity index (χ2n) is 6.14. The highest BCUT2D eigenvalue weighted by molar-refractivity contribution is 7.12. The minimum Gasteiger partial charge on any atom is -0.456 e. The van der Waals surface area contributed by atoms with Gasteiger partial charge >= 0.3 is 0 Å². The standard InChI is InChI=1S/C18H20N2O4S/c1-12-4-9-25-16(12)18(23)20-6-3-5-19(7-8-20)17(22)15-11-14(21)10-13(2)24-15/h4,9-11H,3,5-8H2,1-2H3. The van der Waals surface area contributed by atoms with Gasteiger partial charge in [0.25, 0.3) is 11.8 Å². The summed E-state index contributed by atoms with van der Waals surface area (Å²) in [6, 6.07) is 4.51. The fraction of sp³-hybridized carbons (Fsp3) is 0.389. The van der Waals surface area contributed by atoms with Crippen LogP contribution in [0.5, 0.6) is 0 Å². The third-order valence-electron chi connectivity index (χ3n) is 4.23. The van der Waals surface area contributed by atoms with E-state index in [1.54, 1.807) is 16.7 Å². The first-order chi connectivity index (χ1) is 12.0. The highest BCUT2D eigenvalue weighted by atomic mass is 32.1. The number of carbonyl (C=O) groups is 2. The molecule has 0 radical (unpaired) electrons. The van der Waals surface area contributed by atoms with Crippen LogP contribution in [-0.2, 0) is 0 Å². The van der Waals surface area contributed by atoms with Crippen molar-refractivity contribution in [3.8, 4) is 0 Å². The van der Waals surface area contributed by atoms with E-state index in [1.165, 1.54) is 23.5 Å². The van der Waals surface area contributed by atoms with Gasteiger partial charge in [-0.2, -0.15) is 0 Å². The maximum Gasteiger partial charge on any atom is 0.289 e. The number of amides is 2.